The SMILES string of the molecule is Nc1cccc(-c2cc(-c3ccccc3)[nH]n2)c1. The number of aromatic amines is 1. The summed E-state index contributed by atoms with van der Waals surface area (Å²) in [6, 6.07) is 19.9. The Kier molecular flexibility index (Phi) is 2.57. The van der Waals surface area contributed by atoms with Gasteiger partial charge in [0.1, 0.15) is 0 Å². The molecule has 0 aliphatic carbocycles. The van der Waals surface area contributed by atoms with Crippen LogP contribution in [-0.2, 0) is 0 Å². The molecule has 88 valence electrons. The molecule has 0 saturated heterocycles. The molecule has 0 bridgehead atoms. The number of nitrogens with zero attached hydrogens (tertiary/aromatic N) is 1. The monoisotopic (exact) mass is 235 g/mol. The van der Waals surface area contributed by atoms with Gasteiger partial charge >= 0.3 is 0 Å². The Hall–Kier alpha value is -2.55. The lowest BCUT2D eigenvalue weighted by Gasteiger charge is -1.97. The van der Waals surface area contributed by atoms with Crippen molar-refractivity contribution in [3.8, 4) is 22.5 Å². The molecule has 3 aromatic rings. The van der Waals surface area contributed by atoms with Crippen LogP contribution in [0.15, 0.2) is 60.7 Å². The van der Waals surface area contributed by atoms with E-state index in [0.29, 0.717) is 0 Å². The second kappa shape index (κ2) is 4.37. The summed E-state index contributed by atoms with van der Waals surface area (Å²) < 4.78 is 0. The maximum Gasteiger partial charge on any atom is 0.0927 e. The summed E-state index contributed by atoms with van der Waals surface area (Å²) in [5.41, 5.74) is 10.6. The van der Waals surface area contributed by atoms with Gasteiger partial charge < -0.3 is 5.73 Å². The third-order valence-corrected chi connectivity index (χ3v) is 2.85. The molecule has 18 heavy (non-hydrogen) atoms. The Bertz CT molecular complexity index is 656. The molecule has 0 radical (unpaired) electrons. The number of rotatable bonds is 2. The van der Waals surface area contributed by atoms with E-state index in [9.17, 15) is 0 Å². The molecule has 3 heteroatoms. The average molecular weight is 235 g/mol. The van der Waals surface area contributed by atoms with Crippen molar-refractivity contribution in [3.05, 3.63) is 60.7 Å². The second-order valence-electron chi connectivity index (χ2n) is 4.16. The van der Waals surface area contributed by atoms with E-state index in [-0.39, 0.29) is 0 Å². The molecule has 0 aliphatic heterocycles. The number of H-pyrrole nitrogens is 1. The van der Waals surface area contributed by atoms with Crippen LogP contribution in [0.5, 0.6) is 0 Å². The van der Waals surface area contributed by atoms with Crippen molar-refractivity contribution in [1.82, 2.24) is 10.2 Å². The van der Waals surface area contributed by atoms with Gasteiger partial charge in [-0.25, -0.2) is 0 Å². The minimum Gasteiger partial charge on any atom is -0.399 e. The summed E-state index contributed by atoms with van der Waals surface area (Å²) in [7, 11) is 0. The maximum atomic E-state index is 5.78. The molecular formula is C15H13N3. The number of benzene rings is 2. The van der Waals surface area contributed by atoms with E-state index in [0.717, 1.165) is 28.2 Å². The third-order valence-electron chi connectivity index (χ3n) is 2.85. The molecular weight excluding hydrogens is 222 g/mol. The van der Waals surface area contributed by atoms with E-state index in [1.165, 1.54) is 0 Å². The van der Waals surface area contributed by atoms with E-state index in [2.05, 4.69) is 22.3 Å². The second-order valence-corrected chi connectivity index (χ2v) is 4.16. The Morgan fingerprint density at radius 3 is 2.39 bits per heavy atom. The molecule has 0 spiro atoms. The summed E-state index contributed by atoms with van der Waals surface area (Å²) in [6.07, 6.45) is 0. The van der Waals surface area contributed by atoms with Crippen LogP contribution >= 0.6 is 0 Å². The third kappa shape index (κ3) is 1.98. The standard InChI is InChI=1S/C15H13N3/c16-13-8-4-7-12(9-13)15-10-14(17-18-15)11-5-2-1-3-6-11/h1-10H,16H2,(H,17,18). The van der Waals surface area contributed by atoms with Gasteiger partial charge in [0.2, 0.25) is 0 Å². The fourth-order valence-corrected chi connectivity index (χ4v) is 1.93. The van der Waals surface area contributed by atoms with Crippen molar-refractivity contribution < 1.29 is 0 Å². The number of aromatic nitrogens is 2. The highest BCUT2D eigenvalue weighted by atomic mass is 15.1. The first-order valence-electron chi connectivity index (χ1n) is 5.80. The van der Waals surface area contributed by atoms with Gasteiger partial charge in [-0.2, -0.15) is 5.10 Å². The quantitative estimate of drug-likeness (QED) is 0.669. The number of anilines is 1. The Morgan fingerprint density at radius 1 is 0.833 bits per heavy atom. The highest BCUT2D eigenvalue weighted by molar-refractivity contribution is 5.69. The van der Waals surface area contributed by atoms with Gasteiger partial charge in [-0.1, -0.05) is 42.5 Å². The van der Waals surface area contributed by atoms with E-state index in [4.69, 9.17) is 5.73 Å². The van der Waals surface area contributed by atoms with Crippen molar-refractivity contribution in [2.75, 3.05) is 5.73 Å². The Labute approximate surface area is 105 Å². The minimum absolute atomic E-state index is 0.747. The zero-order valence-electron chi connectivity index (χ0n) is 9.80. The van der Waals surface area contributed by atoms with Gasteiger partial charge in [-0.3, -0.25) is 5.10 Å². The van der Waals surface area contributed by atoms with Crippen molar-refractivity contribution in [1.29, 1.82) is 0 Å². The molecule has 3 nitrogen and oxygen atoms in total. The number of nitrogens with two attached hydrogens (primary N) is 1. The van der Waals surface area contributed by atoms with Crippen LogP contribution in [0.3, 0.4) is 0 Å². The summed E-state index contributed by atoms with van der Waals surface area (Å²) >= 11 is 0. The van der Waals surface area contributed by atoms with Gasteiger partial charge in [-0.05, 0) is 23.8 Å². The number of nitrogens with one attached hydrogen (secondary N) is 1. The highest BCUT2D eigenvalue weighted by Crippen LogP contribution is 2.24. The van der Waals surface area contributed by atoms with Crippen LogP contribution in [0.2, 0.25) is 0 Å². The fraction of sp³-hybridized carbons (Fsp3) is 0. The van der Waals surface area contributed by atoms with Crippen LogP contribution in [0.4, 0.5) is 5.69 Å². The lowest BCUT2D eigenvalue weighted by atomic mass is 10.1. The lowest BCUT2D eigenvalue weighted by Crippen LogP contribution is -1.84. The van der Waals surface area contributed by atoms with Crippen LogP contribution in [0, 0.1) is 0 Å². The van der Waals surface area contributed by atoms with Gasteiger partial charge in [0, 0.05) is 11.3 Å². The molecule has 0 amide bonds. The zero-order chi connectivity index (χ0) is 12.4. The summed E-state index contributed by atoms with van der Waals surface area (Å²) in [5.74, 6) is 0. The highest BCUT2D eigenvalue weighted by Gasteiger charge is 2.05. The Morgan fingerprint density at radius 2 is 1.61 bits per heavy atom. The normalized spacial score (nSPS) is 10.4. The fourth-order valence-electron chi connectivity index (χ4n) is 1.93. The summed E-state index contributed by atoms with van der Waals surface area (Å²) in [6.45, 7) is 0. The predicted molar refractivity (Wildman–Crippen MR) is 73.9 cm³/mol. The molecule has 0 atom stereocenters. The smallest absolute Gasteiger partial charge is 0.0927 e. The van der Waals surface area contributed by atoms with Gasteiger partial charge in [0.05, 0.1) is 11.4 Å². The van der Waals surface area contributed by atoms with E-state index in [1.54, 1.807) is 0 Å². The van der Waals surface area contributed by atoms with Crippen molar-refractivity contribution >= 4 is 5.69 Å². The minimum atomic E-state index is 0.747. The van der Waals surface area contributed by atoms with Crippen LogP contribution in [-0.4, -0.2) is 10.2 Å². The summed E-state index contributed by atoms with van der Waals surface area (Å²) in [4.78, 5) is 0. The first-order chi connectivity index (χ1) is 8.83. The van der Waals surface area contributed by atoms with E-state index < -0.39 is 0 Å². The Balaban J connectivity index is 2.00. The molecule has 3 rings (SSSR count). The van der Waals surface area contributed by atoms with Crippen molar-refractivity contribution in [3.63, 3.8) is 0 Å². The molecule has 0 saturated carbocycles. The van der Waals surface area contributed by atoms with Crippen molar-refractivity contribution in [2.45, 2.75) is 0 Å². The average Bonchev–Trinajstić information content (AvgIpc) is 2.89. The van der Waals surface area contributed by atoms with Gasteiger partial charge in [-0.15, -0.1) is 0 Å². The largest absolute Gasteiger partial charge is 0.399 e. The van der Waals surface area contributed by atoms with E-state index >= 15 is 0 Å². The van der Waals surface area contributed by atoms with Gasteiger partial charge in [0.25, 0.3) is 0 Å². The molecule has 0 unspecified atom stereocenters. The molecule has 0 aliphatic rings. The molecule has 2 aromatic carbocycles. The maximum absolute atomic E-state index is 5.78. The molecule has 1 aromatic heterocycles. The van der Waals surface area contributed by atoms with Crippen LogP contribution in [0.1, 0.15) is 0 Å². The first-order valence-corrected chi connectivity index (χ1v) is 5.80. The van der Waals surface area contributed by atoms with Crippen LogP contribution in [0.25, 0.3) is 22.5 Å². The number of hydrogen-bond donors (Lipinski definition) is 2. The topological polar surface area (TPSA) is 54.7 Å². The van der Waals surface area contributed by atoms with Crippen molar-refractivity contribution in [2.24, 2.45) is 0 Å². The van der Waals surface area contributed by atoms with Crippen LogP contribution < -0.4 is 5.73 Å². The zero-order valence-corrected chi connectivity index (χ0v) is 9.80. The molecule has 1 heterocycles. The molecule has 3 N–H and O–H groups in total. The number of hydrogen-bond acceptors (Lipinski definition) is 2. The summed E-state index contributed by atoms with van der Waals surface area (Å²) in [5, 5.41) is 7.37. The first kappa shape index (κ1) is 10.6. The molecule has 0 fully saturated rings. The lowest BCUT2D eigenvalue weighted by molar-refractivity contribution is 1.10. The predicted octanol–water partition coefficient (Wildman–Crippen LogP) is 3.33. The van der Waals surface area contributed by atoms with Gasteiger partial charge in [0.15, 0.2) is 0 Å². The number of nitrogen functional groups attached to an aromatic ring is 1. The van der Waals surface area contributed by atoms with E-state index in [1.807, 2.05) is 48.5 Å².